The van der Waals surface area contributed by atoms with Crippen molar-refractivity contribution in [2.24, 2.45) is 0 Å². The molecule has 0 unspecified atom stereocenters. The van der Waals surface area contributed by atoms with Crippen LogP contribution in [0.4, 0.5) is 0 Å². The molecule has 2 aromatic heterocycles. The third-order valence-corrected chi connectivity index (χ3v) is 6.06. The van der Waals surface area contributed by atoms with Gasteiger partial charge in [-0.2, -0.15) is 0 Å². The van der Waals surface area contributed by atoms with Crippen LogP contribution in [0.2, 0.25) is 4.34 Å². The minimum absolute atomic E-state index is 0.159. The lowest BCUT2D eigenvalue weighted by Crippen LogP contribution is -2.30. The van der Waals surface area contributed by atoms with E-state index in [1.807, 2.05) is 30.3 Å². The van der Waals surface area contributed by atoms with Gasteiger partial charge < -0.3 is 14.4 Å². The van der Waals surface area contributed by atoms with Crippen molar-refractivity contribution in [3.05, 3.63) is 63.3 Å². The molecule has 146 valence electrons. The summed E-state index contributed by atoms with van der Waals surface area (Å²) in [7, 11) is 3.17. The number of hydrogen-bond acceptors (Lipinski definition) is 6. The fourth-order valence-electron chi connectivity index (χ4n) is 2.71. The highest BCUT2D eigenvalue weighted by atomic mass is 35.5. The summed E-state index contributed by atoms with van der Waals surface area (Å²) in [6, 6.07) is 9.33. The Kier molecular flexibility index (Phi) is 6.72. The van der Waals surface area contributed by atoms with Crippen molar-refractivity contribution in [1.82, 2.24) is 9.88 Å². The summed E-state index contributed by atoms with van der Waals surface area (Å²) >= 11 is 8.85. The largest absolute Gasteiger partial charge is 0.493 e. The second-order valence-corrected chi connectivity index (χ2v) is 8.42. The molecule has 0 atom stereocenters. The molecule has 8 heteroatoms. The summed E-state index contributed by atoms with van der Waals surface area (Å²) in [5.74, 6) is 1.05. The lowest BCUT2D eigenvalue weighted by molar-refractivity contribution is 0.0759. The SMILES string of the molecule is C=CCN(Cc1ccc(Cl)s1)C(=O)c1csc(-c2cccc(OC)c2OC)n1. The van der Waals surface area contributed by atoms with Crippen LogP contribution < -0.4 is 9.47 Å². The number of aromatic nitrogens is 1. The number of ether oxygens (including phenoxy) is 2. The van der Waals surface area contributed by atoms with E-state index in [9.17, 15) is 4.79 Å². The van der Waals surface area contributed by atoms with Gasteiger partial charge in [-0.1, -0.05) is 23.7 Å². The minimum atomic E-state index is -0.159. The number of benzene rings is 1. The molecule has 0 aliphatic heterocycles. The fourth-order valence-corrected chi connectivity index (χ4v) is 4.63. The molecule has 0 fully saturated rings. The predicted octanol–water partition coefficient (Wildman–Crippen LogP) is 5.37. The summed E-state index contributed by atoms with van der Waals surface area (Å²) < 4.78 is 11.5. The van der Waals surface area contributed by atoms with E-state index in [1.54, 1.807) is 30.6 Å². The highest BCUT2D eigenvalue weighted by Gasteiger charge is 2.21. The van der Waals surface area contributed by atoms with Crippen molar-refractivity contribution in [2.45, 2.75) is 6.54 Å². The number of methoxy groups -OCH3 is 2. The summed E-state index contributed by atoms with van der Waals surface area (Å²) in [5.41, 5.74) is 1.17. The molecule has 5 nitrogen and oxygen atoms in total. The van der Waals surface area contributed by atoms with E-state index in [4.69, 9.17) is 21.1 Å². The quantitative estimate of drug-likeness (QED) is 0.447. The van der Waals surface area contributed by atoms with E-state index in [0.717, 1.165) is 10.4 Å². The highest BCUT2D eigenvalue weighted by molar-refractivity contribution is 7.16. The van der Waals surface area contributed by atoms with Crippen LogP contribution in [-0.4, -0.2) is 36.6 Å². The van der Waals surface area contributed by atoms with Crippen LogP contribution in [0, 0.1) is 0 Å². The Bertz CT molecular complexity index is 983. The number of nitrogens with zero attached hydrogens (tertiary/aromatic N) is 2. The van der Waals surface area contributed by atoms with Gasteiger partial charge in [0.1, 0.15) is 10.7 Å². The monoisotopic (exact) mass is 434 g/mol. The molecule has 0 spiro atoms. The van der Waals surface area contributed by atoms with Gasteiger partial charge in [0.15, 0.2) is 11.5 Å². The molecule has 0 saturated carbocycles. The van der Waals surface area contributed by atoms with Crippen molar-refractivity contribution < 1.29 is 14.3 Å². The van der Waals surface area contributed by atoms with Gasteiger partial charge in [-0.05, 0) is 24.3 Å². The van der Waals surface area contributed by atoms with Gasteiger partial charge in [0, 0.05) is 16.8 Å². The topological polar surface area (TPSA) is 51.7 Å². The van der Waals surface area contributed by atoms with Crippen molar-refractivity contribution in [3.63, 3.8) is 0 Å². The Morgan fingerprint density at radius 3 is 2.75 bits per heavy atom. The van der Waals surface area contributed by atoms with Crippen molar-refractivity contribution in [3.8, 4) is 22.1 Å². The van der Waals surface area contributed by atoms with Gasteiger partial charge in [0.2, 0.25) is 0 Å². The van der Waals surface area contributed by atoms with E-state index < -0.39 is 0 Å². The zero-order chi connectivity index (χ0) is 20.1. The van der Waals surface area contributed by atoms with Gasteiger partial charge in [-0.3, -0.25) is 4.79 Å². The highest BCUT2D eigenvalue weighted by Crippen LogP contribution is 2.39. The first-order chi connectivity index (χ1) is 13.6. The zero-order valence-corrected chi connectivity index (χ0v) is 17.9. The third-order valence-electron chi connectivity index (χ3n) is 3.97. The summed E-state index contributed by atoms with van der Waals surface area (Å²) in [6.07, 6.45) is 1.70. The van der Waals surface area contributed by atoms with Gasteiger partial charge in [-0.25, -0.2) is 4.98 Å². The summed E-state index contributed by atoms with van der Waals surface area (Å²) in [6.45, 7) is 4.63. The van der Waals surface area contributed by atoms with Crippen molar-refractivity contribution >= 4 is 40.2 Å². The molecule has 3 aromatic rings. The number of para-hydroxylation sites is 1. The van der Waals surface area contributed by atoms with Crippen LogP contribution in [0.25, 0.3) is 10.6 Å². The molecule has 0 radical (unpaired) electrons. The number of thiazole rings is 1. The Morgan fingerprint density at radius 2 is 2.11 bits per heavy atom. The number of thiophene rings is 1. The Labute approximate surface area is 176 Å². The number of amides is 1. The first-order valence-electron chi connectivity index (χ1n) is 8.38. The second kappa shape index (κ2) is 9.23. The van der Waals surface area contributed by atoms with E-state index >= 15 is 0 Å². The lowest BCUT2D eigenvalue weighted by atomic mass is 10.2. The van der Waals surface area contributed by atoms with Gasteiger partial charge in [0.05, 0.1) is 30.7 Å². The van der Waals surface area contributed by atoms with Crippen LogP contribution in [0.5, 0.6) is 11.5 Å². The lowest BCUT2D eigenvalue weighted by Gasteiger charge is -2.19. The van der Waals surface area contributed by atoms with Crippen molar-refractivity contribution in [2.75, 3.05) is 20.8 Å². The van der Waals surface area contributed by atoms with Crippen LogP contribution in [0.1, 0.15) is 15.4 Å². The number of carbonyl (C=O) groups excluding carboxylic acids is 1. The minimum Gasteiger partial charge on any atom is -0.493 e. The predicted molar refractivity (Wildman–Crippen MR) is 115 cm³/mol. The molecule has 0 N–H and O–H groups in total. The number of hydrogen-bond donors (Lipinski definition) is 0. The van der Waals surface area contributed by atoms with Crippen LogP contribution in [0.3, 0.4) is 0 Å². The molecule has 1 amide bonds. The average Bonchev–Trinajstić information content (AvgIpc) is 3.35. The van der Waals surface area contributed by atoms with Crippen molar-refractivity contribution in [1.29, 1.82) is 0 Å². The first kappa shape index (κ1) is 20.4. The maximum Gasteiger partial charge on any atom is 0.273 e. The Hall–Kier alpha value is -2.35. The average molecular weight is 435 g/mol. The molecule has 3 rings (SSSR count). The van der Waals surface area contributed by atoms with E-state index in [-0.39, 0.29) is 5.91 Å². The zero-order valence-electron chi connectivity index (χ0n) is 15.5. The molecular weight excluding hydrogens is 416 g/mol. The molecule has 1 aromatic carbocycles. The molecule has 0 aliphatic rings. The molecular formula is C20H19ClN2O3S2. The number of halogens is 1. The normalized spacial score (nSPS) is 10.5. The van der Waals surface area contributed by atoms with E-state index in [2.05, 4.69) is 11.6 Å². The molecule has 0 saturated heterocycles. The fraction of sp³-hybridized carbons (Fsp3) is 0.200. The summed E-state index contributed by atoms with van der Waals surface area (Å²) in [5, 5.41) is 2.45. The molecule has 0 bridgehead atoms. The van der Waals surface area contributed by atoms with E-state index in [0.29, 0.717) is 39.6 Å². The number of carbonyl (C=O) groups is 1. The third kappa shape index (κ3) is 4.38. The molecule has 28 heavy (non-hydrogen) atoms. The van der Waals surface area contributed by atoms with Crippen LogP contribution in [-0.2, 0) is 6.54 Å². The molecule has 0 aliphatic carbocycles. The second-order valence-electron chi connectivity index (χ2n) is 5.76. The van der Waals surface area contributed by atoms with Crippen LogP contribution in [0.15, 0.2) is 48.4 Å². The Balaban J connectivity index is 1.87. The molecule has 2 heterocycles. The smallest absolute Gasteiger partial charge is 0.273 e. The Morgan fingerprint density at radius 1 is 1.29 bits per heavy atom. The maximum absolute atomic E-state index is 13.0. The summed E-state index contributed by atoms with van der Waals surface area (Å²) in [4.78, 5) is 20.3. The van der Waals surface area contributed by atoms with E-state index in [1.165, 1.54) is 22.7 Å². The van der Waals surface area contributed by atoms with Gasteiger partial charge in [0.25, 0.3) is 5.91 Å². The van der Waals surface area contributed by atoms with Crippen LogP contribution >= 0.6 is 34.3 Å². The van der Waals surface area contributed by atoms with Gasteiger partial charge in [-0.15, -0.1) is 29.3 Å². The standard InChI is InChI=1S/C20H19ClN2O3S2/c1-4-10-23(11-13-8-9-17(21)28-13)20(24)15-12-27-19(22-15)14-6-5-7-16(25-2)18(14)26-3/h4-9,12H,1,10-11H2,2-3H3. The number of rotatable bonds is 8. The maximum atomic E-state index is 13.0. The first-order valence-corrected chi connectivity index (χ1v) is 10.5. The van der Waals surface area contributed by atoms with Gasteiger partial charge >= 0.3 is 0 Å².